The van der Waals surface area contributed by atoms with Gasteiger partial charge < -0.3 is 14.2 Å². The second kappa shape index (κ2) is 9.42. The van der Waals surface area contributed by atoms with E-state index in [0.29, 0.717) is 31.1 Å². The molecule has 7 nitrogen and oxygen atoms in total. The van der Waals surface area contributed by atoms with E-state index in [1.54, 1.807) is 24.3 Å². The predicted molar refractivity (Wildman–Crippen MR) is 118 cm³/mol. The molecule has 1 heterocycles. The van der Waals surface area contributed by atoms with Crippen molar-refractivity contribution in [3.63, 3.8) is 0 Å². The van der Waals surface area contributed by atoms with E-state index in [-0.39, 0.29) is 10.5 Å². The SMILES string of the molecule is COC(=O)c1ccccc1S(=O)(=O)NC(Cc1ccccc1)c1ccc2c(c1)OCCO2. The molecule has 0 saturated heterocycles. The van der Waals surface area contributed by atoms with Gasteiger partial charge in [0, 0.05) is 0 Å². The highest BCUT2D eigenvalue weighted by atomic mass is 32.2. The molecule has 1 aliphatic rings. The quantitative estimate of drug-likeness (QED) is 0.551. The van der Waals surface area contributed by atoms with Crippen LogP contribution in [-0.2, 0) is 21.2 Å². The van der Waals surface area contributed by atoms with E-state index >= 15 is 0 Å². The minimum atomic E-state index is -4.06. The van der Waals surface area contributed by atoms with Crippen LogP contribution in [0.5, 0.6) is 11.5 Å². The highest BCUT2D eigenvalue weighted by Crippen LogP contribution is 2.34. The fraction of sp³-hybridized carbons (Fsp3) is 0.208. The van der Waals surface area contributed by atoms with Gasteiger partial charge in [0.05, 0.1) is 23.6 Å². The molecule has 0 amide bonds. The first-order valence-electron chi connectivity index (χ1n) is 10.1. The lowest BCUT2D eigenvalue weighted by molar-refractivity contribution is 0.0596. The second-order valence-electron chi connectivity index (χ2n) is 7.25. The number of methoxy groups -OCH3 is 1. The molecule has 166 valence electrons. The van der Waals surface area contributed by atoms with Crippen LogP contribution in [0.3, 0.4) is 0 Å². The zero-order valence-corrected chi connectivity index (χ0v) is 18.3. The third-order valence-electron chi connectivity index (χ3n) is 5.13. The highest BCUT2D eigenvalue weighted by Gasteiger charge is 2.27. The normalized spacial score (nSPS) is 13.9. The van der Waals surface area contributed by atoms with E-state index in [2.05, 4.69) is 4.72 Å². The van der Waals surface area contributed by atoms with Crippen molar-refractivity contribution in [2.75, 3.05) is 20.3 Å². The summed E-state index contributed by atoms with van der Waals surface area (Å²) in [5, 5.41) is 0. The minimum Gasteiger partial charge on any atom is -0.486 e. The maximum atomic E-state index is 13.4. The number of hydrogen-bond donors (Lipinski definition) is 1. The minimum absolute atomic E-state index is 0.0249. The molecule has 1 N–H and O–H groups in total. The second-order valence-corrected chi connectivity index (χ2v) is 8.94. The van der Waals surface area contributed by atoms with E-state index in [1.165, 1.54) is 19.2 Å². The average Bonchev–Trinajstić information content (AvgIpc) is 2.83. The first-order valence-corrected chi connectivity index (χ1v) is 11.6. The maximum Gasteiger partial charge on any atom is 0.339 e. The van der Waals surface area contributed by atoms with E-state index < -0.39 is 22.0 Å². The zero-order valence-electron chi connectivity index (χ0n) is 17.5. The van der Waals surface area contributed by atoms with Gasteiger partial charge in [0.1, 0.15) is 13.2 Å². The van der Waals surface area contributed by atoms with Crippen molar-refractivity contribution in [3.05, 3.63) is 89.5 Å². The summed E-state index contributed by atoms with van der Waals surface area (Å²) in [6.45, 7) is 0.898. The van der Waals surface area contributed by atoms with Crippen LogP contribution >= 0.6 is 0 Å². The van der Waals surface area contributed by atoms with Crippen molar-refractivity contribution in [2.24, 2.45) is 0 Å². The molecule has 0 bridgehead atoms. The van der Waals surface area contributed by atoms with Crippen molar-refractivity contribution in [1.29, 1.82) is 0 Å². The Morgan fingerprint density at radius 1 is 0.969 bits per heavy atom. The van der Waals surface area contributed by atoms with Gasteiger partial charge in [0.15, 0.2) is 11.5 Å². The Morgan fingerprint density at radius 3 is 2.41 bits per heavy atom. The average molecular weight is 454 g/mol. The smallest absolute Gasteiger partial charge is 0.339 e. The number of ether oxygens (including phenoxy) is 3. The summed E-state index contributed by atoms with van der Waals surface area (Å²) < 4.78 is 45.5. The number of hydrogen-bond acceptors (Lipinski definition) is 6. The van der Waals surface area contributed by atoms with Gasteiger partial charge in [-0.1, -0.05) is 48.5 Å². The summed E-state index contributed by atoms with van der Waals surface area (Å²) in [4.78, 5) is 12.0. The number of carbonyl (C=O) groups is 1. The molecule has 0 radical (unpaired) electrons. The van der Waals surface area contributed by atoms with Crippen molar-refractivity contribution >= 4 is 16.0 Å². The first kappa shape index (κ1) is 21.9. The third kappa shape index (κ3) is 4.76. The lowest BCUT2D eigenvalue weighted by atomic mass is 9.99. The Labute approximate surface area is 187 Å². The molecule has 32 heavy (non-hydrogen) atoms. The molecule has 0 saturated carbocycles. The van der Waals surface area contributed by atoms with Crippen LogP contribution in [0.4, 0.5) is 0 Å². The zero-order chi connectivity index (χ0) is 22.6. The summed E-state index contributed by atoms with van der Waals surface area (Å²) in [6.07, 6.45) is 0.403. The van der Waals surface area contributed by atoms with Crippen molar-refractivity contribution in [2.45, 2.75) is 17.4 Å². The van der Waals surface area contributed by atoms with Gasteiger partial charge in [-0.25, -0.2) is 17.9 Å². The van der Waals surface area contributed by atoms with Crippen molar-refractivity contribution < 1.29 is 27.4 Å². The van der Waals surface area contributed by atoms with E-state index in [0.717, 1.165) is 11.1 Å². The van der Waals surface area contributed by atoms with E-state index in [9.17, 15) is 13.2 Å². The lowest BCUT2D eigenvalue weighted by Crippen LogP contribution is -2.31. The molecule has 8 heteroatoms. The molecule has 1 unspecified atom stereocenters. The van der Waals surface area contributed by atoms with Gasteiger partial charge in [-0.05, 0) is 41.8 Å². The Kier molecular flexibility index (Phi) is 6.43. The van der Waals surface area contributed by atoms with Crippen molar-refractivity contribution in [3.8, 4) is 11.5 Å². The molecule has 4 rings (SSSR count). The summed E-state index contributed by atoms with van der Waals surface area (Å²) >= 11 is 0. The number of benzene rings is 3. The molecular formula is C24H23NO6S. The van der Waals surface area contributed by atoms with E-state index in [1.807, 2.05) is 36.4 Å². The summed E-state index contributed by atoms with van der Waals surface area (Å²) in [6, 6.07) is 20.3. The number of sulfonamides is 1. The standard InChI is InChI=1S/C24H23NO6S/c1-29-24(26)19-9-5-6-10-23(19)32(27,28)25-20(15-17-7-3-2-4-8-17)18-11-12-21-22(16-18)31-14-13-30-21/h2-12,16,20,25H,13-15H2,1H3. The van der Waals surface area contributed by atoms with Gasteiger partial charge in [0.2, 0.25) is 10.0 Å². The summed E-state index contributed by atoms with van der Waals surface area (Å²) in [5.74, 6) is 0.475. The molecule has 3 aromatic carbocycles. The monoisotopic (exact) mass is 453 g/mol. The predicted octanol–water partition coefficient (Wildman–Crippen LogP) is 3.51. The van der Waals surface area contributed by atoms with Crippen LogP contribution < -0.4 is 14.2 Å². The fourth-order valence-corrected chi connectivity index (χ4v) is 5.00. The van der Waals surface area contributed by atoms with Crippen LogP contribution in [0.1, 0.15) is 27.5 Å². The molecule has 3 aromatic rings. The number of rotatable bonds is 7. The fourth-order valence-electron chi connectivity index (χ4n) is 3.58. The van der Waals surface area contributed by atoms with E-state index in [4.69, 9.17) is 14.2 Å². The lowest BCUT2D eigenvalue weighted by Gasteiger charge is -2.23. The Bertz CT molecular complexity index is 1210. The number of fused-ring (bicyclic) bond motifs is 1. The maximum absolute atomic E-state index is 13.4. The number of esters is 1. The Hall–Kier alpha value is -3.36. The van der Waals surface area contributed by atoms with Crippen LogP contribution in [0, 0.1) is 0 Å². The number of carbonyl (C=O) groups excluding carboxylic acids is 1. The Morgan fingerprint density at radius 2 is 1.66 bits per heavy atom. The molecular weight excluding hydrogens is 430 g/mol. The van der Waals surface area contributed by atoms with Crippen LogP contribution in [0.25, 0.3) is 0 Å². The summed E-state index contributed by atoms with van der Waals surface area (Å²) in [7, 11) is -2.84. The Balaban J connectivity index is 1.72. The number of nitrogens with one attached hydrogen (secondary N) is 1. The van der Waals surface area contributed by atoms with Crippen LogP contribution in [0.2, 0.25) is 0 Å². The van der Waals surface area contributed by atoms with Gasteiger partial charge in [0.25, 0.3) is 0 Å². The molecule has 0 aliphatic carbocycles. The van der Waals surface area contributed by atoms with Gasteiger partial charge in [-0.2, -0.15) is 0 Å². The van der Waals surface area contributed by atoms with Gasteiger partial charge in [-0.3, -0.25) is 0 Å². The highest BCUT2D eigenvalue weighted by molar-refractivity contribution is 7.89. The largest absolute Gasteiger partial charge is 0.486 e. The first-order chi connectivity index (χ1) is 15.5. The van der Waals surface area contributed by atoms with Gasteiger partial charge >= 0.3 is 5.97 Å². The molecule has 0 spiro atoms. The van der Waals surface area contributed by atoms with Gasteiger partial charge in [-0.15, -0.1) is 0 Å². The topological polar surface area (TPSA) is 90.9 Å². The molecule has 1 atom stereocenters. The van der Waals surface area contributed by atoms with Crippen LogP contribution in [0.15, 0.2) is 77.7 Å². The van der Waals surface area contributed by atoms with Crippen LogP contribution in [-0.4, -0.2) is 34.7 Å². The van der Waals surface area contributed by atoms with Crippen molar-refractivity contribution in [1.82, 2.24) is 4.72 Å². The molecule has 1 aliphatic heterocycles. The molecule has 0 fully saturated rings. The third-order valence-corrected chi connectivity index (χ3v) is 6.66. The summed E-state index contributed by atoms with van der Waals surface area (Å²) in [5.41, 5.74) is 1.65. The molecule has 0 aromatic heterocycles.